The molecule has 0 saturated carbocycles. The number of hydrogen-bond donors (Lipinski definition) is 2. The number of carbonyl (C=O) groups excluding carboxylic acids is 1. The molecule has 0 spiro atoms. The number of aromatic nitrogens is 4. The number of H-pyrrole nitrogens is 1. The Morgan fingerprint density at radius 1 is 1.30 bits per heavy atom. The van der Waals surface area contributed by atoms with Gasteiger partial charge in [0.15, 0.2) is 5.13 Å². The number of aromatic amines is 1. The summed E-state index contributed by atoms with van der Waals surface area (Å²) in [6.07, 6.45) is 0. The van der Waals surface area contributed by atoms with Crippen LogP contribution in [-0.2, 0) is 0 Å². The zero-order valence-electron chi connectivity index (χ0n) is 11.0. The van der Waals surface area contributed by atoms with Crippen molar-refractivity contribution in [3.05, 3.63) is 35.9 Å². The Morgan fingerprint density at radius 2 is 2.10 bits per heavy atom. The van der Waals surface area contributed by atoms with Gasteiger partial charge in [-0.05, 0) is 12.1 Å². The van der Waals surface area contributed by atoms with Crippen molar-refractivity contribution in [2.45, 2.75) is 19.8 Å². The Hall–Kier alpha value is -2.28. The van der Waals surface area contributed by atoms with Crippen molar-refractivity contribution < 1.29 is 4.79 Å². The molecule has 0 fully saturated rings. The number of amides is 1. The van der Waals surface area contributed by atoms with Gasteiger partial charge < -0.3 is 0 Å². The van der Waals surface area contributed by atoms with E-state index >= 15 is 0 Å². The van der Waals surface area contributed by atoms with Crippen LogP contribution >= 0.6 is 11.3 Å². The van der Waals surface area contributed by atoms with E-state index in [9.17, 15) is 4.79 Å². The highest BCUT2D eigenvalue weighted by atomic mass is 32.1. The summed E-state index contributed by atoms with van der Waals surface area (Å²) in [6.45, 7) is 3.96. The summed E-state index contributed by atoms with van der Waals surface area (Å²) in [7, 11) is 0. The van der Waals surface area contributed by atoms with Gasteiger partial charge in [-0.2, -0.15) is 0 Å². The van der Waals surface area contributed by atoms with Crippen molar-refractivity contribution in [2.24, 2.45) is 0 Å². The minimum atomic E-state index is -0.354. The number of thiazole rings is 1. The van der Waals surface area contributed by atoms with E-state index in [4.69, 9.17) is 0 Å². The Bertz CT molecular complexity index is 728. The second-order valence-corrected chi connectivity index (χ2v) is 5.67. The van der Waals surface area contributed by atoms with Crippen LogP contribution in [0.4, 0.5) is 5.13 Å². The van der Waals surface area contributed by atoms with Gasteiger partial charge in [0.05, 0.1) is 10.2 Å². The SMILES string of the molecule is CC(C)c1nc(C(=O)Nc2nc3ccccc3s2)n[nH]1. The maximum absolute atomic E-state index is 12.0. The fraction of sp³-hybridized carbons (Fsp3) is 0.231. The zero-order chi connectivity index (χ0) is 14.1. The van der Waals surface area contributed by atoms with Crippen LogP contribution in [0, 0.1) is 0 Å². The molecule has 0 aliphatic heterocycles. The second kappa shape index (κ2) is 5.01. The Kier molecular flexibility index (Phi) is 3.19. The molecule has 0 atom stereocenters. The molecular weight excluding hydrogens is 274 g/mol. The van der Waals surface area contributed by atoms with Crippen molar-refractivity contribution in [1.82, 2.24) is 20.2 Å². The number of benzene rings is 1. The number of hydrogen-bond acceptors (Lipinski definition) is 5. The number of fused-ring (bicyclic) bond motifs is 1. The lowest BCUT2D eigenvalue weighted by atomic mass is 10.2. The van der Waals surface area contributed by atoms with Crippen molar-refractivity contribution in [3.8, 4) is 0 Å². The monoisotopic (exact) mass is 287 g/mol. The number of carbonyl (C=O) groups is 1. The van der Waals surface area contributed by atoms with Crippen LogP contribution in [0.5, 0.6) is 0 Å². The number of nitrogens with zero attached hydrogens (tertiary/aromatic N) is 3. The van der Waals surface area contributed by atoms with Crippen LogP contribution < -0.4 is 5.32 Å². The first kappa shape index (κ1) is 12.7. The molecule has 7 heteroatoms. The molecule has 20 heavy (non-hydrogen) atoms. The van der Waals surface area contributed by atoms with Crippen molar-refractivity contribution >= 4 is 32.6 Å². The van der Waals surface area contributed by atoms with Crippen molar-refractivity contribution in [2.75, 3.05) is 5.32 Å². The fourth-order valence-electron chi connectivity index (χ4n) is 1.71. The number of anilines is 1. The topological polar surface area (TPSA) is 83.6 Å². The Morgan fingerprint density at radius 3 is 2.80 bits per heavy atom. The minimum Gasteiger partial charge on any atom is -0.295 e. The summed E-state index contributed by atoms with van der Waals surface area (Å²) >= 11 is 1.42. The smallest absolute Gasteiger partial charge is 0.295 e. The van der Waals surface area contributed by atoms with Crippen LogP contribution in [0.2, 0.25) is 0 Å². The van der Waals surface area contributed by atoms with E-state index in [1.54, 1.807) is 0 Å². The Labute approximate surface area is 119 Å². The minimum absolute atomic E-state index is 0.132. The largest absolute Gasteiger partial charge is 0.297 e. The Balaban J connectivity index is 1.80. The summed E-state index contributed by atoms with van der Waals surface area (Å²) < 4.78 is 1.03. The van der Waals surface area contributed by atoms with E-state index in [1.165, 1.54) is 11.3 Å². The summed E-state index contributed by atoms with van der Waals surface area (Å²) in [5.41, 5.74) is 0.866. The van der Waals surface area contributed by atoms with Gasteiger partial charge in [-0.15, -0.1) is 5.10 Å². The van der Waals surface area contributed by atoms with Crippen LogP contribution in [0.15, 0.2) is 24.3 Å². The number of rotatable bonds is 3. The molecule has 6 nitrogen and oxygen atoms in total. The summed E-state index contributed by atoms with van der Waals surface area (Å²) in [5, 5.41) is 9.95. The second-order valence-electron chi connectivity index (χ2n) is 4.64. The van der Waals surface area contributed by atoms with Crippen molar-refractivity contribution in [3.63, 3.8) is 0 Å². The molecule has 0 saturated heterocycles. The molecule has 1 amide bonds. The standard InChI is InChI=1S/C13H13N5OS/c1-7(2)10-15-11(18-17-10)12(19)16-13-14-8-5-3-4-6-9(8)20-13/h3-7H,1-2H3,(H,14,16,19)(H,15,17,18). The van der Waals surface area contributed by atoms with Gasteiger partial charge in [-0.1, -0.05) is 37.3 Å². The van der Waals surface area contributed by atoms with Crippen molar-refractivity contribution in [1.29, 1.82) is 0 Å². The van der Waals surface area contributed by atoms with Crippen LogP contribution in [0.3, 0.4) is 0 Å². The third kappa shape index (κ3) is 2.39. The van der Waals surface area contributed by atoms with E-state index in [-0.39, 0.29) is 17.6 Å². The molecule has 2 N–H and O–H groups in total. The lowest BCUT2D eigenvalue weighted by Crippen LogP contribution is -2.13. The normalized spacial score (nSPS) is 11.2. The number of nitrogens with one attached hydrogen (secondary N) is 2. The maximum Gasteiger partial charge on any atom is 0.297 e. The predicted octanol–water partition coefficient (Wildman–Crippen LogP) is 2.79. The van der Waals surface area contributed by atoms with Gasteiger partial charge in [0.2, 0.25) is 5.82 Å². The highest BCUT2D eigenvalue weighted by Crippen LogP contribution is 2.25. The average molecular weight is 287 g/mol. The van der Waals surface area contributed by atoms with E-state index in [2.05, 4.69) is 25.5 Å². The van der Waals surface area contributed by atoms with Gasteiger partial charge in [-0.3, -0.25) is 15.2 Å². The first-order valence-electron chi connectivity index (χ1n) is 6.22. The van der Waals surface area contributed by atoms with Gasteiger partial charge in [0, 0.05) is 5.92 Å². The first-order chi connectivity index (χ1) is 9.63. The molecule has 0 bridgehead atoms. The predicted molar refractivity (Wildman–Crippen MR) is 78.0 cm³/mol. The van der Waals surface area contributed by atoms with E-state index < -0.39 is 0 Å². The third-order valence-electron chi connectivity index (χ3n) is 2.77. The molecule has 0 radical (unpaired) electrons. The maximum atomic E-state index is 12.0. The summed E-state index contributed by atoms with van der Waals surface area (Å²) in [5.74, 6) is 0.672. The molecule has 0 unspecified atom stereocenters. The molecule has 2 heterocycles. The van der Waals surface area contributed by atoms with Crippen LogP contribution in [0.25, 0.3) is 10.2 Å². The highest BCUT2D eigenvalue weighted by molar-refractivity contribution is 7.22. The van der Waals surface area contributed by atoms with Gasteiger partial charge >= 0.3 is 0 Å². The van der Waals surface area contributed by atoms with E-state index in [0.717, 1.165) is 10.2 Å². The highest BCUT2D eigenvalue weighted by Gasteiger charge is 2.15. The van der Waals surface area contributed by atoms with E-state index in [1.807, 2.05) is 38.1 Å². The van der Waals surface area contributed by atoms with E-state index in [0.29, 0.717) is 11.0 Å². The molecule has 0 aliphatic carbocycles. The first-order valence-corrected chi connectivity index (χ1v) is 7.04. The molecule has 3 aromatic rings. The third-order valence-corrected chi connectivity index (χ3v) is 3.72. The van der Waals surface area contributed by atoms with Crippen LogP contribution in [0.1, 0.15) is 36.2 Å². The lowest BCUT2D eigenvalue weighted by molar-refractivity contribution is 0.101. The molecular formula is C13H13N5OS. The quantitative estimate of drug-likeness (QED) is 0.776. The molecule has 1 aromatic carbocycles. The fourth-order valence-corrected chi connectivity index (χ4v) is 2.57. The summed E-state index contributed by atoms with van der Waals surface area (Å²) in [4.78, 5) is 20.5. The molecule has 2 aromatic heterocycles. The molecule has 3 rings (SSSR count). The average Bonchev–Trinajstić information content (AvgIpc) is 3.04. The molecule has 0 aliphatic rings. The van der Waals surface area contributed by atoms with Gasteiger partial charge in [-0.25, -0.2) is 9.97 Å². The van der Waals surface area contributed by atoms with Gasteiger partial charge in [0.25, 0.3) is 5.91 Å². The summed E-state index contributed by atoms with van der Waals surface area (Å²) in [6, 6.07) is 7.73. The number of para-hydroxylation sites is 1. The molecule has 102 valence electrons. The zero-order valence-corrected chi connectivity index (χ0v) is 11.9. The van der Waals surface area contributed by atoms with Crippen LogP contribution in [-0.4, -0.2) is 26.1 Å². The lowest BCUT2D eigenvalue weighted by Gasteiger charge is -1.96. The van der Waals surface area contributed by atoms with Gasteiger partial charge in [0.1, 0.15) is 5.82 Å².